The number of tetrazole rings is 1. The second kappa shape index (κ2) is 6.10. The van der Waals surface area contributed by atoms with E-state index in [1.54, 1.807) is 0 Å². The van der Waals surface area contributed by atoms with Gasteiger partial charge in [0.15, 0.2) is 5.82 Å². The largest absolute Gasteiger partial charge is 0.307 e. The van der Waals surface area contributed by atoms with Crippen molar-refractivity contribution in [1.29, 1.82) is 0 Å². The van der Waals surface area contributed by atoms with E-state index in [0.717, 1.165) is 19.4 Å². The Labute approximate surface area is 101 Å². The van der Waals surface area contributed by atoms with Crippen LogP contribution in [0.1, 0.15) is 30.8 Å². The van der Waals surface area contributed by atoms with E-state index < -0.39 is 0 Å². The molecule has 0 aliphatic heterocycles. The molecule has 2 aromatic rings. The number of rotatable bonds is 6. The molecule has 0 aliphatic carbocycles. The third-order valence-electron chi connectivity index (χ3n) is 2.68. The van der Waals surface area contributed by atoms with Gasteiger partial charge in [0.25, 0.3) is 0 Å². The monoisotopic (exact) mass is 231 g/mol. The first-order chi connectivity index (χ1) is 8.36. The van der Waals surface area contributed by atoms with Gasteiger partial charge in [-0.25, -0.2) is 0 Å². The highest BCUT2D eigenvalue weighted by Crippen LogP contribution is 2.05. The fourth-order valence-electron chi connectivity index (χ4n) is 1.70. The van der Waals surface area contributed by atoms with E-state index in [9.17, 15) is 0 Å². The summed E-state index contributed by atoms with van der Waals surface area (Å²) >= 11 is 0. The zero-order chi connectivity index (χ0) is 11.9. The number of nitrogens with zero attached hydrogens (tertiary/aromatic N) is 3. The fraction of sp³-hybridized carbons (Fsp3) is 0.417. The second-order valence-corrected chi connectivity index (χ2v) is 4.03. The topological polar surface area (TPSA) is 66.5 Å². The maximum Gasteiger partial charge on any atom is 0.191 e. The molecule has 5 heteroatoms. The van der Waals surface area contributed by atoms with E-state index in [4.69, 9.17) is 0 Å². The molecule has 0 saturated carbocycles. The molecule has 1 aromatic heterocycles. The van der Waals surface area contributed by atoms with Crippen LogP contribution >= 0.6 is 0 Å². The Morgan fingerprint density at radius 2 is 2.12 bits per heavy atom. The number of hydrogen-bond donors (Lipinski definition) is 2. The highest BCUT2D eigenvalue weighted by molar-refractivity contribution is 5.14. The van der Waals surface area contributed by atoms with Crippen molar-refractivity contribution in [2.24, 2.45) is 0 Å². The summed E-state index contributed by atoms with van der Waals surface area (Å²) in [5.41, 5.74) is 1.38. The third-order valence-corrected chi connectivity index (χ3v) is 2.68. The second-order valence-electron chi connectivity index (χ2n) is 4.03. The Hall–Kier alpha value is -1.75. The molecule has 5 nitrogen and oxygen atoms in total. The maximum absolute atomic E-state index is 3.94. The SMILES string of the molecule is CC(NCCCc1ccccc1)c1nn[nH]n1. The summed E-state index contributed by atoms with van der Waals surface area (Å²) in [6.45, 7) is 2.98. The van der Waals surface area contributed by atoms with E-state index in [2.05, 4.69) is 50.2 Å². The van der Waals surface area contributed by atoms with E-state index in [-0.39, 0.29) is 6.04 Å². The van der Waals surface area contributed by atoms with Crippen LogP contribution in [0, 0.1) is 0 Å². The van der Waals surface area contributed by atoms with E-state index in [0.29, 0.717) is 5.82 Å². The van der Waals surface area contributed by atoms with E-state index >= 15 is 0 Å². The predicted molar refractivity (Wildman–Crippen MR) is 65.4 cm³/mol. The summed E-state index contributed by atoms with van der Waals surface area (Å²) in [5, 5.41) is 17.3. The average Bonchev–Trinajstić information content (AvgIpc) is 2.89. The molecule has 1 aromatic carbocycles. The minimum Gasteiger partial charge on any atom is -0.307 e. The van der Waals surface area contributed by atoms with Crippen LogP contribution in [0.4, 0.5) is 0 Å². The van der Waals surface area contributed by atoms with Crippen molar-refractivity contribution in [3.8, 4) is 0 Å². The van der Waals surface area contributed by atoms with Crippen LogP contribution in [-0.2, 0) is 6.42 Å². The number of aromatic amines is 1. The first-order valence-corrected chi connectivity index (χ1v) is 5.87. The van der Waals surface area contributed by atoms with Gasteiger partial charge in [-0.05, 0) is 31.9 Å². The van der Waals surface area contributed by atoms with Gasteiger partial charge in [-0.1, -0.05) is 35.5 Å². The van der Waals surface area contributed by atoms with Crippen molar-refractivity contribution in [3.05, 3.63) is 41.7 Å². The molecule has 0 saturated heterocycles. The quantitative estimate of drug-likeness (QED) is 0.739. The standard InChI is InChI=1S/C12H17N5/c1-10(12-14-16-17-15-12)13-9-5-8-11-6-3-2-4-7-11/h2-4,6-7,10,13H,5,8-9H2,1H3,(H,14,15,16,17). The van der Waals surface area contributed by atoms with Crippen LogP contribution in [0.3, 0.4) is 0 Å². The smallest absolute Gasteiger partial charge is 0.191 e. The summed E-state index contributed by atoms with van der Waals surface area (Å²) in [7, 11) is 0. The zero-order valence-electron chi connectivity index (χ0n) is 9.93. The van der Waals surface area contributed by atoms with E-state index in [1.165, 1.54) is 5.56 Å². The molecule has 0 aliphatic rings. The van der Waals surface area contributed by atoms with Crippen LogP contribution < -0.4 is 5.32 Å². The normalized spacial score (nSPS) is 12.5. The van der Waals surface area contributed by atoms with Crippen molar-refractivity contribution < 1.29 is 0 Å². The van der Waals surface area contributed by atoms with Crippen LogP contribution in [-0.4, -0.2) is 27.2 Å². The average molecular weight is 231 g/mol. The highest BCUT2D eigenvalue weighted by atomic mass is 15.5. The molecule has 1 heterocycles. The van der Waals surface area contributed by atoms with Gasteiger partial charge in [0.05, 0.1) is 6.04 Å². The molecule has 17 heavy (non-hydrogen) atoms. The lowest BCUT2D eigenvalue weighted by molar-refractivity contribution is 0.535. The van der Waals surface area contributed by atoms with Gasteiger partial charge in [-0.3, -0.25) is 0 Å². The summed E-state index contributed by atoms with van der Waals surface area (Å²) in [6, 6.07) is 10.6. The minimum atomic E-state index is 0.143. The number of nitrogens with one attached hydrogen (secondary N) is 2. The van der Waals surface area contributed by atoms with Gasteiger partial charge >= 0.3 is 0 Å². The van der Waals surface area contributed by atoms with Crippen molar-refractivity contribution in [1.82, 2.24) is 25.9 Å². The number of H-pyrrole nitrogens is 1. The van der Waals surface area contributed by atoms with Gasteiger partial charge in [-0.2, -0.15) is 5.21 Å². The summed E-state index contributed by atoms with van der Waals surface area (Å²) in [5.74, 6) is 0.713. The lowest BCUT2D eigenvalue weighted by atomic mass is 10.1. The Balaban J connectivity index is 1.67. The molecule has 2 N–H and O–H groups in total. The molecular weight excluding hydrogens is 214 g/mol. The van der Waals surface area contributed by atoms with Crippen molar-refractivity contribution in [2.75, 3.05) is 6.54 Å². The summed E-state index contributed by atoms with van der Waals surface area (Å²) in [4.78, 5) is 0. The number of aryl methyl sites for hydroxylation is 1. The highest BCUT2D eigenvalue weighted by Gasteiger charge is 2.08. The van der Waals surface area contributed by atoms with Crippen LogP contribution in [0.25, 0.3) is 0 Å². The molecule has 0 bridgehead atoms. The maximum atomic E-state index is 3.94. The first kappa shape index (κ1) is 11.7. The third kappa shape index (κ3) is 3.64. The Morgan fingerprint density at radius 3 is 2.82 bits per heavy atom. The zero-order valence-corrected chi connectivity index (χ0v) is 9.93. The molecular formula is C12H17N5. The van der Waals surface area contributed by atoms with Crippen molar-refractivity contribution in [3.63, 3.8) is 0 Å². The minimum absolute atomic E-state index is 0.143. The number of benzene rings is 1. The van der Waals surface area contributed by atoms with Crippen LogP contribution in [0.2, 0.25) is 0 Å². The van der Waals surface area contributed by atoms with Gasteiger partial charge in [-0.15, -0.1) is 10.2 Å². The molecule has 1 unspecified atom stereocenters. The molecule has 1 atom stereocenters. The molecule has 0 fully saturated rings. The van der Waals surface area contributed by atoms with Gasteiger partial charge < -0.3 is 5.32 Å². The van der Waals surface area contributed by atoms with Crippen LogP contribution in [0.15, 0.2) is 30.3 Å². The van der Waals surface area contributed by atoms with Crippen molar-refractivity contribution >= 4 is 0 Å². The molecule has 90 valence electrons. The molecule has 0 radical (unpaired) electrons. The lowest BCUT2D eigenvalue weighted by Crippen LogP contribution is -2.21. The van der Waals surface area contributed by atoms with Gasteiger partial charge in [0.1, 0.15) is 0 Å². The van der Waals surface area contributed by atoms with Crippen LogP contribution in [0.5, 0.6) is 0 Å². The van der Waals surface area contributed by atoms with Gasteiger partial charge in [0.2, 0.25) is 0 Å². The lowest BCUT2D eigenvalue weighted by Gasteiger charge is -2.09. The molecule has 2 rings (SSSR count). The predicted octanol–water partition coefficient (Wildman–Crippen LogP) is 1.48. The Bertz CT molecular complexity index is 412. The summed E-state index contributed by atoms with van der Waals surface area (Å²) in [6.07, 6.45) is 2.19. The molecule has 0 spiro atoms. The fourth-order valence-corrected chi connectivity index (χ4v) is 1.70. The number of aromatic nitrogens is 4. The number of hydrogen-bond acceptors (Lipinski definition) is 4. The Kier molecular flexibility index (Phi) is 4.21. The Morgan fingerprint density at radius 1 is 1.29 bits per heavy atom. The first-order valence-electron chi connectivity index (χ1n) is 5.87. The van der Waals surface area contributed by atoms with Crippen molar-refractivity contribution in [2.45, 2.75) is 25.8 Å². The van der Waals surface area contributed by atoms with Gasteiger partial charge in [0, 0.05) is 0 Å². The summed E-state index contributed by atoms with van der Waals surface area (Å²) < 4.78 is 0. The van der Waals surface area contributed by atoms with E-state index in [1.807, 2.05) is 13.0 Å². The molecule has 0 amide bonds.